The molecule has 0 aromatic heterocycles. The summed E-state index contributed by atoms with van der Waals surface area (Å²) in [4.78, 5) is 11.4. The van der Waals surface area contributed by atoms with Crippen LogP contribution >= 0.6 is 0 Å². The van der Waals surface area contributed by atoms with Crippen LogP contribution in [-0.4, -0.2) is 14.3 Å². The van der Waals surface area contributed by atoms with Gasteiger partial charge in [0.2, 0.25) is 34.8 Å². The Morgan fingerprint density at radius 2 is 1.23 bits per heavy atom. The predicted octanol–water partition coefficient (Wildman–Crippen LogP) is 4.40. The summed E-state index contributed by atoms with van der Waals surface area (Å²) in [6.07, 6.45) is 0. The monoisotopic (exact) mass is 443 g/mol. The maximum absolute atomic E-state index is 13.7. The summed E-state index contributed by atoms with van der Waals surface area (Å²) in [6, 6.07) is 12.2. The Morgan fingerprint density at radius 1 is 0.733 bits per heavy atom. The van der Waals surface area contributed by atoms with Gasteiger partial charge in [-0.1, -0.05) is 18.2 Å². The number of nitrogens with one attached hydrogen (secondary N) is 1. The second kappa shape index (κ2) is 8.11. The van der Waals surface area contributed by atoms with Crippen molar-refractivity contribution in [3.8, 4) is 5.75 Å². The number of carbonyl (C=O) groups is 1. The minimum atomic E-state index is -4.95. The third-order valence-electron chi connectivity index (χ3n) is 3.80. The van der Waals surface area contributed by atoms with Crippen LogP contribution in [0.5, 0.6) is 5.75 Å². The minimum absolute atomic E-state index is 0.180. The van der Waals surface area contributed by atoms with Crippen molar-refractivity contribution >= 4 is 21.7 Å². The first-order valence-electron chi connectivity index (χ1n) is 8.04. The van der Waals surface area contributed by atoms with Crippen LogP contribution < -0.4 is 9.50 Å². The van der Waals surface area contributed by atoms with Crippen LogP contribution in [0.3, 0.4) is 0 Å². The van der Waals surface area contributed by atoms with E-state index in [0.29, 0.717) is 5.56 Å². The number of rotatable bonds is 5. The molecule has 0 bridgehead atoms. The topological polar surface area (TPSA) is 72.5 Å². The maximum Gasteiger partial charge on any atom is 0.339 e. The van der Waals surface area contributed by atoms with Crippen molar-refractivity contribution in [3.05, 3.63) is 89.2 Å². The summed E-state index contributed by atoms with van der Waals surface area (Å²) in [5.74, 6) is -14.4. The van der Waals surface area contributed by atoms with Crippen LogP contribution in [0.25, 0.3) is 0 Å². The summed E-state index contributed by atoms with van der Waals surface area (Å²) in [7, 11) is -4.95. The molecule has 1 amide bonds. The molecule has 0 unspecified atom stereocenters. The van der Waals surface area contributed by atoms with Gasteiger partial charge in [0.15, 0.2) is 0 Å². The van der Waals surface area contributed by atoms with Crippen LogP contribution in [0.4, 0.5) is 27.6 Å². The molecule has 0 saturated carbocycles. The molecule has 0 saturated heterocycles. The first-order valence-corrected chi connectivity index (χ1v) is 9.45. The number of hydrogen-bond acceptors (Lipinski definition) is 4. The molecule has 3 aromatic rings. The van der Waals surface area contributed by atoms with E-state index >= 15 is 0 Å². The van der Waals surface area contributed by atoms with Crippen LogP contribution in [0.15, 0.2) is 59.5 Å². The lowest BCUT2D eigenvalue weighted by molar-refractivity contribution is 0.102. The third kappa shape index (κ3) is 4.10. The molecule has 0 radical (unpaired) electrons. The van der Waals surface area contributed by atoms with Gasteiger partial charge in [0.1, 0.15) is 4.90 Å². The summed E-state index contributed by atoms with van der Waals surface area (Å²) >= 11 is 0. The zero-order valence-corrected chi connectivity index (χ0v) is 15.4. The van der Waals surface area contributed by atoms with Gasteiger partial charge in [-0.3, -0.25) is 4.79 Å². The summed E-state index contributed by atoms with van der Waals surface area (Å²) in [5, 5.41) is 2.49. The van der Waals surface area contributed by atoms with Crippen molar-refractivity contribution in [2.75, 3.05) is 5.32 Å². The maximum atomic E-state index is 13.7. The highest BCUT2D eigenvalue weighted by atomic mass is 32.2. The standard InChI is InChI=1S/C19H10F5NO4S/c20-13-14(21)16(23)18(17(24)15(13)22)29-30(27,28)12-8-6-11(7-9-12)25-19(26)10-4-2-1-3-5-10/h1-9H,(H,25,26). The first-order chi connectivity index (χ1) is 14.1. The Kier molecular flexibility index (Phi) is 5.74. The molecule has 3 rings (SSSR count). The molecule has 5 nitrogen and oxygen atoms in total. The normalized spacial score (nSPS) is 11.2. The molecule has 30 heavy (non-hydrogen) atoms. The molecule has 3 aromatic carbocycles. The molecule has 0 atom stereocenters. The number of amides is 1. The van der Waals surface area contributed by atoms with Crippen LogP contribution in [0.1, 0.15) is 10.4 Å². The van der Waals surface area contributed by atoms with Gasteiger partial charge >= 0.3 is 10.1 Å². The number of hydrogen-bond donors (Lipinski definition) is 1. The van der Waals surface area contributed by atoms with Crippen molar-refractivity contribution in [2.45, 2.75) is 4.90 Å². The van der Waals surface area contributed by atoms with E-state index in [1.54, 1.807) is 30.3 Å². The van der Waals surface area contributed by atoms with E-state index < -0.39 is 55.8 Å². The summed E-state index contributed by atoms with van der Waals surface area (Å²) in [6.45, 7) is 0. The van der Waals surface area contributed by atoms with Crippen LogP contribution in [-0.2, 0) is 10.1 Å². The van der Waals surface area contributed by atoms with E-state index in [-0.39, 0.29) is 5.69 Å². The molecule has 0 spiro atoms. The van der Waals surface area contributed by atoms with E-state index in [1.165, 1.54) is 0 Å². The van der Waals surface area contributed by atoms with E-state index in [1.807, 2.05) is 0 Å². The molecule has 156 valence electrons. The van der Waals surface area contributed by atoms with E-state index in [4.69, 9.17) is 0 Å². The predicted molar refractivity (Wildman–Crippen MR) is 94.9 cm³/mol. The van der Waals surface area contributed by atoms with Crippen LogP contribution in [0.2, 0.25) is 0 Å². The third-order valence-corrected chi connectivity index (χ3v) is 5.04. The van der Waals surface area contributed by atoms with Gasteiger partial charge in [-0.25, -0.2) is 13.2 Å². The summed E-state index contributed by atoms with van der Waals surface area (Å²) in [5.41, 5.74) is 0.517. The van der Waals surface area contributed by atoms with Crippen molar-refractivity contribution in [1.29, 1.82) is 0 Å². The molecule has 0 fully saturated rings. The number of carbonyl (C=O) groups excluding carboxylic acids is 1. The van der Waals surface area contributed by atoms with Gasteiger partial charge < -0.3 is 9.50 Å². The second-order valence-electron chi connectivity index (χ2n) is 5.78. The van der Waals surface area contributed by atoms with Gasteiger partial charge in [0.05, 0.1) is 0 Å². The molecule has 11 heteroatoms. The lowest BCUT2D eigenvalue weighted by Crippen LogP contribution is -2.15. The zero-order chi connectivity index (χ0) is 22.1. The van der Waals surface area contributed by atoms with Gasteiger partial charge in [-0.15, -0.1) is 0 Å². The molecule has 0 aliphatic heterocycles. The smallest absolute Gasteiger partial charge is 0.339 e. The number of halogens is 5. The first kappa shape index (κ1) is 21.2. The Balaban J connectivity index is 1.84. The highest BCUT2D eigenvalue weighted by Crippen LogP contribution is 2.31. The van der Waals surface area contributed by atoms with Gasteiger partial charge in [-0.2, -0.15) is 17.2 Å². The number of anilines is 1. The average molecular weight is 443 g/mol. The SMILES string of the molecule is O=C(Nc1ccc(S(=O)(=O)Oc2c(F)c(F)c(F)c(F)c2F)cc1)c1ccccc1. The van der Waals surface area contributed by atoms with Crippen molar-refractivity contribution < 1.29 is 39.3 Å². The highest BCUT2D eigenvalue weighted by molar-refractivity contribution is 7.87. The molecule has 0 aliphatic carbocycles. The van der Waals surface area contributed by atoms with Crippen LogP contribution in [0, 0.1) is 29.1 Å². The van der Waals surface area contributed by atoms with Crippen molar-refractivity contribution in [2.24, 2.45) is 0 Å². The Hall–Kier alpha value is -3.47. The van der Waals surface area contributed by atoms with Crippen molar-refractivity contribution in [1.82, 2.24) is 0 Å². The second-order valence-corrected chi connectivity index (χ2v) is 7.33. The average Bonchev–Trinajstić information content (AvgIpc) is 2.75. The lowest BCUT2D eigenvalue weighted by Gasteiger charge is -2.11. The Bertz CT molecular complexity index is 1190. The fourth-order valence-electron chi connectivity index (χ4n) is 2.31. The Morgan fingerprint density at radius 3 is 1.77 bits per heavy atom. The molecule has 0 heterocycles. The van der Waals surface area contributed by atoms with Gasteiger partial charge in [-0.05, 0) is 36.4 Å². The lowest BCUT2D eigenvalue weighted by atomic mass is 10.2. The fourth-order valence-corrected chi connectivity index (χ4v) is 3.24. The number of benzene rings is 3. The minimum Gasteiger partial charge on any atom is -0.372 e. The molecular formula is C19H10F5NO4S. The van der Waals surface area contributed by atoms with E-state index in [2.05, 4.69) is 9.50 Å². The zero-order valence-electron chi connectivity index (χ0n) is 14.6. The molecule has 1 N–H and O–H groups in total. The molecule has 0 aliphatic rings. The summed E-state index contributed by atoms with van der Waals surface area (Å²) < 4.78 is 95.3. The quantitative estimate of drug-likeness (QED) is 0.275. The van der Waals surface area contributed by atoms with E-state index in [9.17, 15) is 35.2 Å². The molecular weight excluding hydrogens is 433 g/mol. The van der Waals surface area contributed by atoms with Gasteiger partial charge in [0.25, 0.3) is 5.91 Å². The van der Waals surface area contributed by atoms with Crippen molar-refractivity contribution in [3.63, 3.8) is 0 Å². The highest BCUT2D eigenvalue weighted by Gasteiger charge is 2.31. The van der Waals surface area contributed by atoms with Gasteiger partial charge in [0, 0.05) is 11.3 Å². The fraction of sp³-hybridized carbons (Fsp3) is 0. The largest absolute Gasteiger partial charge is 0.372 e. The Labute approximate surface area is 166 Å². The van der Waals surface area contributed by atoms with E-state index in [0.717, 1.165) is 24.3 Å².